The molecule has 0 spiro atoms. The molecule has 27 heavy (non-hydrogen) atoms. The van der Waals surface area contributed by atoms with Crippen molar-refractivity contribution in [2.24, 2.45) is 13.0 Å². The highest BCUT2D eigenvalue weighted by Gasteiger charge is 2.29. The number of alkyl halides is 2. The molecule has 3 aromatic rings. The third-order valence-electron chi connectivity index (χ3n) is 4.92. The first kappa shape index (κ1) is 17.6. The lowest BCUT2D eigenvalue weighted by Crippen LogP contribution is -2.22. The third kappa shape index (κ3) is 3.41. The van der Waals surface area contributed by atoms with Crippen LogP contribution in [0, 0.1) is 5.92 Å². The molecule has 0 radical (unpaired) electrons. The maximum atomic E-state index is 12.8. The number of nitrogens with zero attached hydrogens (tertiary/aromatic N) is 5. The molecule has 3 heterocycles. The highest BCUT2D eigenvalue weighted by atomic mass is 19.3. The summed E-state index contributed by atoms with van der Waals surface area (Å²) < 4.78 is 34.1. The molecule has 4 rings (SSSR count). The van der Waals surface area contributed by atoms with E-state index in [0.717, 1.165) is 18.1 Å². The Morgan fingerprint density at radius 1 is 1.30 bits per heavy atom. The zero-order valence-corrected chi connectivity index (χ0v) is 15.0. The van der Waals surface area contributed by atoms with E-state index in [1.54, 1.807) is 24.0 Å². The lowest BCUT2D eigenvalue weighted by molar-refractivity contribution is -0.117. The largest absolute Gasteiger partial charge is 0.474 e. The van der Waals surface area contributed by atoms with Gasteiger partial charge in [0, 0.05) is 38.2 Å². The van der Waals surface area contributed by atoms with Crippen LogP contribution in [-0.2, 0) is 11.8 Å². The fraction of sp³-hybridized carbons (Fsp3) is 0.444. The number of pyridine rings is 1. The number of carbonyl (C=O) groups is 1. The van der Waals surface area contributed by atoms with Gasteiger partial charge in [-0.15, -0.1) is 0 Å². The highest BCUT2D eigenvalue weighted by molar-refractivity contribution is 5.86. The van der Waals surface area contributed by atoms with Crippen molar-refractivity contribution in [1.82, 2.24) is 24.3 Å². The number of rotatable bonds is 5. The molecule has 0 unspecified atom stereocenters. The Morgan fingerprint density at radius 2 is 2.11 bits per heavy atom. The first-order valence-electron chi connectivity index (χ1n) is 8.75. The normalized spacial score (nSPS) is 18.6. The van der Waals surface area contributed by atoms with Gasteiger partial charge in [0.15, 0.2) is 0 Å². The average molecular weight is 375 g/mol. The Balaban J connectivity index is 1.70. The van der Waals surface area contributed by atoms with Gasteiger partial charge in [-0.3, -0.25) is 14.0 Å². The summed E-state index contributed by atoms with van der Waals surface area (Å²) in [5, 5.41) is 5.11. The highest BCUT2D eigenvalue weighted by Crippen LogP contribution is 2.32. The van der Waals surface area contributed by atoms with Gasteiger partial charge < -0.3 is 4.74 Å². The molecule has 2 atom stereocenters. The van der Waals surface area contributed by atoms with Gasteiger partial charge in [-0.1, -0.05) is 0 Å². The van der Waals surface area contributed by atoms with Crippen molar-refractivity contribution in [2.75, 3.05) is 0 Å². The number of aryl methyl sites for hydroxylation is 1. The SMILES string of the molecule is C[C@@H](Oc1nc(-c2cn(C(F)F)cn2)cc2nn(C)cc12)[C@H]1CCC(=O)C1. The van der Waals surface area contributed by atoms with Crippen molar-refractivity contribution < 1.29 is 18.3 Å². The number of imidazole rings is 1. The summed E-state index contributed by atoms with van der Waals surface area (Å²) in [7, 11) is 1.79. The summed E-state index contributed by atoms with van der Waals surface area (Å²) in [6, 6.07) is 1.70. The summed E-state index contributed by atoms with van der Waals surface area (Å²) in [4.78, 5) is 20.1. The van der Waals surface area contributed by atoms with Gasteiger partial charge in [0.2, 0.25) is 5.88 Å². The van der Waals surface area contributed by atoms with Crippen molar-refractivity contribution in [3.63, 3.8) is 0 Å². The summed E-state index contributed by atoms with van der Waals surface area (Å²) in [6.45, 7) is -0.744. The van der Waals surface area contributed by atoms with E-state index in [1.165, 1.54) is 6.20 Å². The molecule has 1 saturated carbocycles. The Labute approximate surface area is 154 Å². The van der Waals surface area contributed by atoms with Crippen LogP contribution in [0.2, 0.25) is 0 Å². The lowest BCUT2D eigenvalue weighted by Gasteiger charge is -2.20. The van der Waals surface area contributed by atoms with E-state index >= 15 is 0 Å². The molecule has 1 aliphatic carbocycles. The number of carbonyl (C=O) groups excluding carboxylic acids is 1. The molecular weight excluding hydrogens is 356 g/mol. The molecule has 142 valence electrons. The van der Waals surface area contributed by atoms with Crippen LogP contribution in [0.5, 0.6) is 5.88 Å². The number of fused-ring (bicyclic) bond motifs is 1. The second kappa shape index (κ2) is 6.71. The van der Waals surface area contributed by atoms with Crippen molar-refractivity contribution in [3.05, 3.63) is 24.8 Å². The molecular formula is C18H19F2N5O2. The van der Waals surface area contributed by atoms with Gasteiger partial charge in [-0.2, -0.15) is 13.9 Å². The van der Waals surface area contributed by atoms with Crippen LogP contribution >= 0.6 is 0 Å². The fourth-order valence-electron chi connectivity index (χ4n) is 3.42. The number of ketones is 1. The van der Waals surface area contributed by atoms with E-state index in [-0.39, 0.29) is 17.8 Å². The monoisotopic (exact) mass is 375 g/mol. The minimum Gasteiger partial charge on any atom is -0.474 e. The number of halogens is 2. The number of Topliss-reactive ketones (excluding diaryl/α,β-unsaturated/α-hetero) is 1. The van der Waals surface area contributed by atoms with Gasteiger partial charge >= 0.3 is 6.55 Å². The van der Waals surface area contributed by atoms with Gasteiger partial charge in [0.05, 0.1) is 22.9 Å². The van der Waals surface area contributed by atoms with Crippen LogP contribution in [0.3, 0.4) is 0 Å². The number of hydrogen-bond acceptors (Lipinski definition) is 5. The molecule has 0 aliphatic heterocycles. The van der Waals surface area contributed by atoms with Crippen LogP contribution in [0.1, 0.15) is 32.7 Å². The predicted octanol–water partition coefficient (Wildman–Crippen LogP) is 3.36. The molecule has 3 aromatic heterocycles. The van der Waals surface area contributed by atoms with E-state index in [0.29, 0.717) is 40.2 Å². The topological polar surface area (TPSA) is 74.8 Å². The van der Waals surface area contributed by atoms with Crippen LogP contribution < -0.4 is 4.74 Å². The van der Waals surface area contributed by atoms with E-state index in [4.69, 9.17) is 4.74 Å². The minimum atomic E-state index is -2.67. The number of aromatic nitrogens is 5. The summed E-state index contributed by atoms with van der Waals surface area (Å²) in [5.74, 6) is 0.767. The lowest BCUT2D eigenvalue weighted by atomic mass is 10.0. The van der Waals surface area contributed by atoms with Gasteiger partial charge in [-0.05, 0) is 19.4 Å². The zero-order chi connectivity index (χ0) is 19.1. The van der Waals surface area contributed by atoms with E-state index in [2.05, 4.69) is 15.1 Å². The van der Waals surface area contributed by atoms with Crippen molar-refractivity contribution >= 4 is 16.7 Å². The quantitative estimate of drug-likeness (QED) is 0.684. The van der Waals surface area contributed by atoms with Crippen LogP contribution in [-0.4, -0.2) is 36.2 Å². The predicted molar refractivity (Wildman–Crippen MR) is 93.4 cm³/mol. The van der Waals surface area contributed by atoms with Crippen LogP contribution in [0.4, 0.5) is 8.78 Å². The Kier molecular flexibility index (Phi) is 4.37. The molecule has 0 bridgehead atoms. The molecule has 7 nitrogen and oxygen atoms in total. The van der Waals surface area contributed by atoms with E-state index in [9.17, 15) is 13.6 Å². The molecule has 0 aromatic carbocycles. The second-order valence-electron chi connectivity index (χ2n) is 6.90. The van der Waals surface area contributed by atoms with Crippen molar-refractivity contribution in [1.29, 1.82) is 0 Å². The average Bonchev–Trinajstić information content (AvgIpc) is 3.32. The molecule has 9 heteroatoms. The van der Waals surface area contributed by atoms with Crippen LogP contribution in [0.15, 0.2) is 24.8 Å². The Hall–Kier alpha value is -2.84. The standard InChI is InChI=1S/C18H19F2N5O2/c1-10(11-3-4-12(26)5-11)27-17-13-7-24(2)23-14(13)6-15(22-17)16-8-25(9-21-16)18(19)20/h6-11,18H,3-5H2,1-2H3/t10-,11+/m1/s1. The Bertz CT molecular complexity index is 997. The van der Waals surface area contributed by atoms with E-state index < -0.39 is 6.55 Å². The maximum Gasteiger partial charge on any atom is 0.319 e. The fourth-order valence-corrected chi connectivity index (χ4v) is 3.42. The minimum absolute atomic E-state index is 0.146. The number of hydrogen-bond donors (Lipinski definition) is 0. The smallest absolute Gasteiger partial charge is 0.319 e. The van der Waals surface area contributed by atoms with Gasteiger partial charge in [-0.25, -0.2) is 9.97 Å². The van der Waals surface area contributed by atoms with Gasteiger partial charge in [0.1, 0.15) is 17.6 Å². The Morgan fingerprint density at radius 3 is 2.78 bits per heavy atom. The molecule has 0 N–H and O–H groups in total. The third-order valence-corrected chi connectivity index (χ3v) is 4.92. The summed E-state index contributed by atoms with van der Waals surface area (Å²) in [5.41, 5.74) is 1.36. The summed E-state index contributed by atoms with van der Waals surface area (Å²) in [6.07, 6.45) is 5.80. The number of ether oxygens (including phenoxy) is 1. The van der Waals surface area contributed by atoms with Crippen LogP contribution in [0.25, 0.3) is 22.3 Å². The van der Waals surface area contributed by atoms with Gasteiger partial charge in [0.25, 0.3) is 0 Å². The van der Waals surface area contributed by atoms with Crippen molar-refractivity contribution in [2.45, 2.75) is 38.8 Å². The first-order chi connectivity index (χ1) is 12.9. The molecule has 0 amide bonds. The molecule has 1 aliphatic rings. The maximum absolute atomic E-state index is 12.8. The van der Waals surface area contributed by atoms with E-state index in [1.807, 2.05) is 6.92 Å². The molecule has 0 saturated heterocycles. The molecule has 1 fully saturated rings. The summed E-state index contributed by atoms with van der Waals surface area (Å²) >= 11 is 0. The first-order valence-corrected chi connectivity index (χ1v) is 8.75. The second-order valence-corrected chi connectivity index (χ2v) is 6.90. The van der Waals surface area contributed by atoms with Crippen molar-refractivity contribution in [3.8, 4) is 17.3 Å². The zero-order valence-electron chi connectivity index (χ0n) is 15.0.